The van der Waals surface area contributed by atoms with Gasteiger partial charge in [-0.2, -0.15) is 0 Å². The molecule has 0 bridgehead atoms. The summed E-state index contributed by atoms with van der Waals surface area (Å²) in [6.45, 7) is 0. The van der Waals surface area contributed by atoms with E-state index in [1.165, 1.54) is 7.11 Å². The summed E-state index contributed by atoms with van der Waals surface area (Å²) in [5.74, 6) is 0.825. The average molecular weight is 347 g/mol. The number of methoxy groups -OCH3 is 2. The van der Waals surface area contributed by atoms with Crippen molar-refractivity contribution in [3.8, 4) is 11.5 Å². The summed E-state index contributed by atoms with van der Waals surface area (Å²) < 4.78 is 12.6. The van der Waals surface area contributed by atoms with Crippen LogP contribution in [0.2, 0.25) is 0 Å². The number of hydrogen-bond acceptors (Lipinski definition) is 5. The number of aromatic amines is 1. The molecule has 0 spiro atoms. The van der Waals surface area contributed by atoms with Gasteiger partial charge in [-0.25, -0.2) is 0 Å². The molecule has 0 fully saturated rings. The van der Waals surface area contributed by atoms with E-state index in [-0.39, 0.29) is 22.7 Å². The first kappa shape index (κ1) is 16.3. The van der Waals surface area contributed by atoms with Crippen molar-refractivity contribution < 1.29 is 14.3 Å². The molecule has 0 unspecified atom stereocenters. The third kappa shape index (κ3) is 2.48. The zero-order valence-corrected chi connectivity index (χ0v) is 14.3. The zero-order valence-electron chi connectivity index (χ0n) is 13.5. The smallest absolute Gasteiger partial charge is 0.257 e. The fourth-order valence-corrected chi connectivity index (χ4v) is 3.22. The Kier molecular flexibility index (Phi) is 4.15. The van der Waals surface area contributed by atoms with Crippen LogP contribution in [0.1, 0.15) is 23.5 Å². The Hall–Kier alpha value is -2.61. The Morgan fingerprint density at radius 3 is 2.67 bits per heavy atom. The van der Waals surface area contributed by atoms with Gasteiger partial charge in [-0.15, -0.1) is 0 Å². The molecule has 1 atom stereocenters. The van der Waals surface area contributed by atoms with E-state index in [9.17, 15) is 9.59 Å². The van der Waals surface area contributed by atoms with Crippen molar-refractivity contribution in [3.05, 3.63) is 44.5 Å². The second-order valence-corrected chi connectivity index (χ2v) is 5.85. The van der Waals surface area contributed by atoms with Crippen molar-refractivity contribution >= 4 is 23.9 Å². The normalized spacial score (nSPS) is 16.3. The maximum absolute atomic E-state index is 12.5. The monoisotopic (exact) mass is 347 g/mol. The number of amides is 1. The zero-order chi connectivity index (χ0) is 17.4. The van der Waals surface area contributed by atoms with Gasteiger partial charge in [0.1, 0.15) is 5.82 Å². The van der Waals surface area contributed by atoms with E-state index in [1.807, 2.05) is 6.07 Å². The lowest BCUT2D eigenvalue weighted by Gasteiger charge is -2.28. The van der Waals surface area contributed by atoms with Crippen LogP contribution in [-0.4, -0.2) is 29.7 Å². The molecule has 2 N–H and O–H groups in total. The molecular weight excluding hydrogens is 330 g/mol. The molecule has 0 aliphatic carbocycles. The molecule has 0 radical (unpaired) electrons. The Morgan fingerprint density at radius 1 is 1.25 bits per heavy atom. The van der Waals surface area contributed by atoms with Gasteiger partial charge in [-0.05, 0) is 18.3 Å². The van der Waals surface area contributed by atoms with E-state index in [2.05, 4.69) is 10.3 Å². The number of rotatable bonds is 3. The lowest BCUT2D eigenvalue weighted by Crippen LogP contribution is -2.33. The van der Waals surface area contributed by atoms with Crippen LogP contribution in [0.4, 0.5) is 5.82 Å². The predicted molar refractivity (Wildman–Crippen MR) is 91.5 cm³/mol. The first-order valence-corrected chi connectivity index (χ1v) is 7.72. The number of para-hydroxylation sites is 1. The third-order valence-electron chi connectivity index (χ3n) is 4.16. The largest absolute Gasteiger partial charge is 0.493 e. The molecule has 0 saturated carbocycles. The molecule has 1 amide bonds. The molecule has 2 aromatic rings. The molecule has 7 nitrogen and oxygen atoms in total. The van der Waals surface area contributed by atoms with Gasteiger partial charge in [-0.1, -0.05) is 12.1 Å². The van der Waals surface area contributed by atoms with Crippen molar-refractivity contribution in [1.29, 1.82) is 0 Å². The summed E-state index contributed by atoms with van der Waals surface area (Å²) in [5, 5.41) is 2.74. The lowest BCUT2D eigenvalue weighted by molar-refractivity contribution is -0.116. The van der Waals surface area contributed by atoms with Crippen LogP contribution in [0, 0.1) is 4.77 Å². The summed E-state index contributed by atoms with van der Waals surface area (Å²) >= 11 is 5.12. The second kappa shape index (κ2) is 6.12. The fourth-order valence-electron chi connectivity index (χ4n) is 3.03. The van der Waals surface area contributed by atoms with E-state index in [0.717, 1.165) is 5.56 Å². The molecule has 1 aromatic carbocycles. The molecule has 1 aliphatic rings. The summed E-state index contributed by atoms with van der Waals surface area (Å²) in [6, 6.07) is 5.40. The van der Waals surface area contributed by atoms with Gasteiger partial charge in [0, 0.05) is 24.9 Å². The van der Waals surface area contributed by atoms with Gasteiger partial charge in [-0.3, -0.25) is 14.6 Å². The van der Waals surface area contributed by atoms with Gasteiger partial charge < -0.3 is 19.4 Å². The van der Waals surface area contributed by atoms with Crippen molar-refractivity contribution in [3.63, 3.8) is 0 Å². The lowest BCUT2D eigenvalue weighted by atomic mass is 9.86. The molecule has 1 aromatic heterocycles. The van der Waals surface area contributed by atoms with Crippen LogP contribution in [0.3, 0.4) is 0 Å². The molecule has 8 heteroatoms. The van der Waals surface area contributed by atoms with E-state index in [0.29, 0.717) is 22.9 Å². The number of hydrogen-bond donors (Lipinski definition) is 2. The maximum Gasteiger partial charge on any atom is 0.257 e. The van der Waals surface area contributed by atoms with Gasteiger partial charge in [0.15, 0.2) is 16.3 Å². The standard InChI is InChI=1S/C16H17N3O4S/c1-19-14-12(15(21)18-16(19)24)9(7-11(20)17-14)8-5-4-6-10(22-2)13(8)23-3/h4-6,9H,7H2,1-3H3,(H,17,20)(H,18,21,24)/t9-/m1/s1. The molecule has 1 aliphatic heterocycles. The van der Waals surface area contributed by atoms with Crippen molar-refractivity contribution in [2.45, 2.75) is 12.3 Å². The Labute approximate surface area is 143 Å². The number of carbonyl (C=O) groups excluding carboxylic acids is 1. The molecule has 0 saturated heterocycles. The number of nitrogens with one attached hydrogen (secondary N) is 2. The van der Waals surface area contributed by atoms with E-state index >= 15 is 0 Å². The molecule has 2 heterocycles. The number of ether oxygens (including phenoxy) is 2. The minimum Gasteiger partial charge on any atom is -0.493 e. The summed E-state index contributed by atoms with van der Waals surface area (Å²) in [4.78, 5) is 27.4. The van der Waals surface area contributed by atoms with Crippen LogP contribution >= 0.6 is 12.2 Å². The number of benzene rings is 1. The van der Waals surface area contributed by atoms with Crippen molar-refractivity contribution in [2.24, 2.45) is 7.05 Å². The number of aromatic nitrogens is 2. The quantitative estimate of drug-likeness (QED) is 0.829. The Balaban J connectivity index is 2.30. The van der Waals surface area contributed by atoms with Gasteiger partial charge >= 0.3 is 0 Å². The molecular formula is C16H17N3O4S. The minimum absolute atomic E-state index is 0.135. The van der Waals surface area contributed by atoms with Crippen molar-refractivity contribution in [1.82, 2.24) is 9.55 Å². The third-order valence-corrected chi connectivity index (χ3v) is 4.54. The summed E-state index contributed by atoms with van der Waals surface area (Å²) in [6.07, 6.45) is 0.135. The Morgan fingerprint density at radius 2 is 2.00 bits per heavy atom. The highest BCUT2D eigenvalue weighted by atomic mass is 32.1. The van der Waals surface area contributed by atoms with Crippen LogP contribution < -0.4 is 20.3 Å². The maximum atomic E-state index is 12.5. The first-order chi connectivity index (χ1) is 11.5. The van der Waals surface area contributed by atoms with Crippen molar-refractivity contribution in [2.75, 3.05) is 19.5 Å². The highest BCUT2D eigenvalue weighted by Crippen LogP contribution is 2.42. The summed E-state index contributed by atoms with van der Waals surface area (Å²) in [5.41, 5.74) is 0.857. The highest BCUT2D eigenvalue weighted by molar-refractivity contribution is 7.71. The van der Waals surface area contributed by atoms with Gasteiger partial charge in [0.25, 0.3) is 5.56 Å². The van der Waals surface area contributed by atoms with E-state index in [1.54, 1.807) is 30.9 Å². The SMILES string of the molecule is COc1cccc([C@H]2CC(=O)Nc3c2c(=O)[nH]c(=S)n3C)c1OC. The number of H-pyrrole nitrogens is 1. The Bertz CT molecular complexity index is 932. The van der Waals surface area contributed by atoms with E-state index < -0.39 is 5.92 Å². The van der Waals surface area contributed by atoms with Gasteiger partial charge in [0.05, 0.1) is 19.8 Å². The van der Waals surface area contributed by atoms with Crippen LogP contribution in [0.15, 0.2) is 23.0 Å². The van der Waals surface area contributed by atoms with Crippen LogP contribution in [0.25, 0.3) is 0 Å². The van der Waals surface area contributed by atoms with Gasteiger partial charge in [0.2, 0.25) is 5.91 Å². The first-order valence-electron chi connectivity index (χ1n) is 7.31. The highest BCUT2D eigenvalue weighted by Gasteiger charge is 2.33. The topological polar surface area (TPSA) is 85.4 Å². The molecule has 24 heavy (non-hydrogen) atoms. The van der Waals surface area contributed by atoms with Crippen LogP contribution in [0.5, 0.6) is 11.5 Å². The molecule has 3 rings (SSSR count). The predicted octanol–water partition coefficient (Wildman–Crippen LogP) is 1.93. The number of nitrogens with zero attached hydrogens (tertiary/aromatic N) is 1. The number of anilines is 1. The van der Waals surface area contributed by atoms with Crippen LogP contribution in [-0.2, 0) is 11.8 Å². The second-order valence-electron chi connectivity index (χ2n) is 5.47. The fraction of sp³-hybridized carbons (Fsp3) is 0.312. The average Bonchev–Trinajstić information content (AvgIpc) is 2.58. The minimum atomic E-state index is -0.454. The van der Waals surface area contributed by atoms with E-state index in [4.69, 9.17) is 21.7 Å². The summed E-state index contributed by atoms with van der Waals surface area (Å²) in [7, 11) is 4.77. The number of carbonyl (C=O) groups is 1. The molecule has 126 valence electrons. The number of fused-ring (bicyclic) bond motifs is 1.